The van der Waals surface area contributed by atoms with Crippen molar-refractivity contribution in [2.24, 2.45) is 5.92 Å². The first kappa shape index (κ1) is 20.7. The van der Waals surface area contributed by atoms with Crippen molar-refractivity contribution in [1.82, 2.24) is 10.2 Å². The first-order chi connectivity index (χ1) is 13.9. The first-order valence-corrected chi connectivity index (χ1v) is 9.46. The van der Waals surface area contributed by atoms with Crippen LogP contribution in [0.5, 0.6) is 0 Å². The van der Waals surface area contributed by atoms with Gasteiger partial charge in [0.05, 0.1) is 0 Å². The fourth-order valence-electron chi connectivity index (χ4n) is 3.37. The summed E-state index contributed by atoms with van der Waals surface area (Å²) in [5.41, 5.74) is 0.361. The van der Waals surface area contributed by atoms with E-state index in [0.717, 1.165) is 37.5 Å². The van der Waals surface area contributed by atoms with Crippen molar-refractivity contribution in [3.63, 3.8) is 0 Å². The smallest absolute Gasteiger partial charge is 0.321 e. The molecule has 5 nitrogen and oxygen atoms in total. The molecule has 3 rings (SSSR count). The number of hydrogen-bond acceptors (Lipinski definition) is 2. The van der Waals surface area contributed by atoms with Gasteiger partial charge in [0, 0.05) is 37.0 Å². The van der Waals surface area contributed by atoms with Gasteiger partial charge in [-0.15, -0.1) is 0 Å². The maximum Gasteiger partial charge on any atom is 0.321 e. The van der Waals surface area contributed by atoms with Gasteiger partial charge in [0.1, 0.15) is 17.5 Å². The Morgan fingerprint density at radius 1 is 0.966 bits per heavy atom. The van der Waals surface area contributed by atoms with E-state index in [2.05, 4.69) is 10.6 Å². The summed E-state index contributed by atoms with van der Waals surface area (Å²) in [6.07, 6.45) is 2.28. The van der Waals surface area contributed by atoms with Crippen LogP contribution in [-0.2, 0) is 0 Å². The fraction of sp³-hybridized carbons (Fsp3) is 0.333. The molecule has 8 heteroatoms. The molecule has 1 fully saturated rings. The van der Waals surface area contributed by atoms with Crippen LogP contribution in [-0.4, -0.2) is 36.5 Å². The number of urea groups is 1. The summed E-state index contributed by atoms with van der Waals surface area (Å²) in [7, 11) is 0. The number of anilines is 1. The molecule has 1 aliphatic rings. The van der Waals surface area contributed by atoms with Gasteiger partial charge in [-0.05, 0) is 55.5 Å². The van der Waals surface area contributed by atoms with Crippen molar-refractivity contribution >= 4 is 17.6 Å². The number of carbonyl (C=O) groups is 2. The minimum atomic E-state index is -0.751. The summed E-state index contributed by atoms with van der Waals surface area (Å²) in [6, 6.07) is 8.00. The van der Waals surface area contributed by atoms with E-state index in [4.69, 9.17) is 0 Å². The number of halogens is 3. The highest BCUT2D eigenvalue weighted by atomic mass is 19.1. The van der Waals surface area contributed by atoms with Crippen molar-refractivity contribution in [3.05, 3.63) is 65.5 Å². The van der Waals surface area contributed by atoms with E-state index in [1.807, 2.05) is 0 Å². The summed E-state index contributed by atoms with van der Waals surface area (Å²) in [4.78, 5) is 25.9. The second-order valence-electron chi connectivity index (χ2n) is 7.07. The molecule has 0 aromatic heterocycles. The largest absolute Gasteiger partial charge is 0.352 e. The molecule has 0 bridgehead atoms. The quantitative estimate of drug-likeness (QED) is 0.785. The Morgan fingerprint density at radius 2 is 1.66 bits per heavy atom. The van der Waals surface area contributed by atoms with Gasteiger partial charge in [-0.2, -0.15) is 0 Å². The normalized spacial score (nSPS) is 14.5. The molecule has 1 heterocycles. The summed E-state index contributed by atoms with van der Waals surface area (Å²) in [6.45, 7) is 1.51. The summed E-state index contributed by atoms with van der Waals surface area (Å²) < 4.78 is 39.6. The monoisotopic (exact) mass is 405 g/mol. The van der Waals surface area contributed by atoms with Gasteiger partial charge in [-0.25, -0.2) is 18.0 Å². The van der Waals surface area contributed by atoms with Crippen LogP contribution < -0.4 is 10.6 Å². The number of benzene rings is 2. The molecule has 2 aromatic carbocycles. The van der Waals surface area contributed by atoms with E-state index in [-0.39, 0.29) is 17.2 Å². The zero-order chi connectivity index (χ0) is 20.8. The number of hydrogen-bond donors (Lipinski definition) is 2. The van der Waals surface area contributed by atoms with Crippen molar-refractivity contribution in [3.8, 4) is 0 Å². The average Bonchev–Trinajstić information content (AvgIpc) is 2.67. The fourth-order valence-corrected chi connectivity index (χ4v) is 3.37. The molecule has 0 aliphatic carbocycles. The molecular weight excluding hydrogens is 383 g/mol. The van der Waals surface area contributed by atoms with E-state index in [0.29, 0.717) is 25.6 Å². The van der Waals surface area contributed by atoms with E-state index < -0.39 is 23.5 Å². The van der Waals surface area contributed by atoms with Crippen LogP contribution in [0.1, 0.15) is 29.6 Å². The number of nitrogens with zero attached hydrogens (tertiary/aromatic N) is 1. The second-order valence-corrected chi connectivity index (χ2v) is 7.07. The third-order valence-corrected chi connectivity index (χ3v) is 4.94. The van der Waals surface area contributed by atoms with Gasteiger partial charge < -0.3 is 15.5 Å². The lowest BCUT2D eigenvalue weighted by atomic mass is 9.93. The van der Waals surface area contributed by atoms with E-state index in [1.54, 1.807) is 11.0 Å². The molecule has 1 aliphatic heterocycles. The Balaban J connectivity index is 1.40. The molecule has 0 atom stereocenters. The Labute approximate surface area is 166 Å². The lowest BCUT2D eigenvalue weighted by Gasteiger charge is -2.32. The lowest BCUT2D eigenvalue weighted by Crippen LogP contribution is -2.41. The Bertz CT molecular complexity index is 863. The average molecular weight is 405 g/mol. The van der Waals surface area contributed by atoms with Crippen LogP contribution >= 0.6 is 0 Å². The SMILES string of the molecule is O=C(NCCC1CCN(C(=O)Nc2cc(F)cc(F)c2)CC1)c1cccc(F)c1. The Hall–Kier alpha value is -3.03. The highest BCUT2D eigenvalue weighted by molar-refractivity contribution is 5.94. The minimum Gasteiger partial charge on any atom is -0.352 e. The van der Waals surface area contributed by atoms with Gasteiger partial charge in [0.2, 0.25) is 0 Å². The molecular formula is C21H22F3N3O2. The van der Waals surface area contributed by atoms with Crippen molar-refractivity contribution in [2.75, 3.05) is 25.0 Å². The maximum absolute atomic E-state index is 13.2. The van der Waals surface area contributed by atoms with Gasteiger partial charge in [0.15, 0.2) is 0 Å². The number of amides is 3. The molecule has 2 N–H and O–H groups in total. The van der Waals surface area contributed by atoms with Crippen LogP contribution in [0.2, 0.25) is 0 Å². The van der Waals surface area contributed by atoms with Gasteiger partial charge in [-0.3, -0.25) is 4.79 Å². The van der Waals surface area contributed by atoms with Crippen molar-refractivity contribution < 1.29 is 22.8 Å². The van der Waals surface area contributed by atoms with E-state index >= 15 is 0 Å². The summed E-state index contributed by atoms with van der Waals surface area (Å²) in [5, 5.41) is 5.29. The molecule has 2 aromatic rings. The molecule has 154 valence electrons. The zero-order valence-electron chi connectivity index (χ0n) is 15.8. The van der Waals surface area contributed by atoms with Crippen LogP contribution in [0.25, 0.3) is 0 Å². The summed E-state index contributed by atoms with van der Waals surface area (Å²) in [5.74, 6) is -1.93. The lowest BCUT2D eigenvalue weighted by molar-refractivity contribution is 0.0949. The van der Waals surface area contributed by atoms with Gasteiger partial charge in [0.25, 0.3) is 5.91 Å². The molecule has 3 amide bonds. The maximum atomic E-state index is 13.2. The number of nitrogens with one attached hydrogen (secondary N) is 2. The molecule has 29 heavy (non-hydrogen) atoms. The molecule has 0 spiro atoms. The van der Waals surface area contributed by atoms with Crippen LogP contribution in [0.3, 0.4) is 0 Å². The summed E-state index contributed by atoms with van der Waals surface area (Å²) >= 11 is 0. The Morgan fingerprint density at radius 3 is 2.31 bits per heavy atom. The number of carbonyl (C=O) groups excluding carboxylic acids is 2. The predicted molar refractivity (Wildman–Crippen MR) is 103 cm³/mol. The number of piperidine rings is 1. The van der Waals surface area contributed by atoms with Crippen LogP contribution in [0, 0.1) is 23.4 Å². The minimum absolute atomic E-state index is 0.0784. The number of likely N-dealkylation sites (tertiary alicyclic amines) is 1. The van der Waals surface area contributed by atoms with Crippen molar-refractivity contribution in [1.29, 1.82) is 0 Å². The molecule has 0 saturated carbocycles. The van der Waals surface area contributed by atoms with Crippen LogP contribution in [0.15, 0.2) is 42.5 Å². The Kier molecular flexibility index (Phi) is 6.74. The third kappa shape index (κ3) is 5.97. The highest BCUT2D eigenvalue weighted by Crippen LogP contribution is 2.21. The molecule has 0 unspecified atom stereocenters. The van der Waals surface area contributed by atoms with E-state index in [9.17, 15) is 22.8 Å². The molecule has 1 saturated heterocycles. The predicted octanol–water partition coefficient (Wildman–Crippen LogP) is 4.17. The van der Waals surface area contributed by atoms with Crippen LogP contribution in [0.4, 0.5) is 23.7 Å². The van der Waals surface area contributed by atoms with Gasteiger partial charge in [-0.1, -0.05) is 6.07 Å². The second kappa shape index (κ2) is 9.45. The zero-order valence-corrected chi connectivity index (χ0v) is 15.8. The molecule has 0 radical (unpaired) electrons. The standard InChI is InChI=1S/C21H22F3N3O2/c22-16-3-1-2-15(10-16)20(28)25-7-4-14-5-8-27(9-6-14)21(29)26-19-12-17(23)11-18(24)13-19/h1-3,10-14H,4-9H2,(H,25,28)(H,26,29). The third-order valence-electron chi connectivity index (χ3n) is 4.94. The van der Waals surface area contributed by atoms with E-state index in [1.165, 1.54) is 18.2 Å². The highest BCUT2D eigenvalue weighted by Gasteiger charge is 2.23. The number of rotatable bonds is 5. The van der Waals surface area contributed by atoms with Crippen molar-refractivity contribution in [2.45, 2.75) is 19.3 Å². The first-order valence-electron chi connectivity index (χ1n) is 9.46. The topological polar surface area (TPSA) is 61.4 Å². The van der Waals surface area contributed by atoms with Gasteiger partial charge >= 0.3 is 6.03 Å².